The van der Waals surface area contributed by atoms with Crippen molar-refractivity contribution in [2.75, 3.05) is 13.6 Å². The Morgan fingerprint density at radius 2 is 1.83 bits per heavy atom. The Kier molecular flexibility index (Phi) is 4.29. The van der Waals surface area contributed by atoms with Crippen LogP contribution < -0.4 is 0 Å². The first-order valence-electron chi connectivity index (χ1n) is 4.61. The number of amides is 1. The van der Waals surface area contributed by atoms with Crippen molar-refractivity contribution in [3.8, 4) is 0 Å². The second-order valence-electron chi connectivity index (χ2n) is 4.55. The van der Waals surface area contributed by atoms with Gasteiger partial charge in [-0.2, -0.15) is 0 Å². The molecule has 0 saturated carbocycles. The quantitative estimate of drug-likeness (QED) is 0.638. The Hall–Kier alpha value is -0.530. The van der Waals surface area contributed by atoms with E-state index in [1.807, 2.05) is 11.9 Å². The fourth-order valence-electron chi connectivity index (χ4n) is 1.05. The lowest BCUT2D eigenvalue weighted by atomic mass is 9.92. The number of carbonyl (C=O) groups excluding carboxylic acids is 1. The van der Waals surface area contributed by atoms with Crippen LogP contribution in [0.2, 0.25) is 0 Å². The van der Waals surface area contributed by atoms with Crippen molar-refractivity contribution in [3.63, 3.8) is 0 Å². The van der Waals surface area contributed by atoms with Crippen LogP contribution in [0.4, 0.5) is 0 Å². The molecule has 0 rings (SSSR count). The van der Waals surface area contributed by atoms with Gasteiger partial charge in [0.05, 0.1) is 0 Å². The number of nitrogens with zero attached hydrogens (tertiary/aromatic N) is 1. The molecular weight excluding hydrogens is 150 g/mol. The van der Waals surface area contributed by atoms with E-state index in [9.17, 15) is 4.79 Å². The molecule has 0 unspecified atom stereocenters. The maximum atomic E-state index is 11.5. The van der Waals surface area contributed by atoms with Gasteiger partial charge in [-0.15, -0.1) is 0 Å². The van der Waals surface area contributed by atoms with Crippen LogP contribution in [0.25, 0.3) is 0 Å². The molecule has 1 amide bonds. The molecule has 0 aromatic heterocycles. The van der Waals surface area contributed by atoms with E-state index in [2.05, 4.69) is 27.7 Å². The van der Waals surface area contributed by atoms with Crippen molar-refractivity contribution in [1.29, 1.82) is 0 Å². The molecule has 0 atom stereocenters. The smallest absolute Gasteiger partial charge is 0.222 e. The van der Waals surface area contributed by atoms with E-state index >= 15 is 0 Å². The maximum absolute atomic E-state index is 11.5. The summed E-state index contributed by atoms with van der Waals surface area (Å²) in [4.78, 5) is 13.3. The third kappa shape index (κ3) is 5.16. The van der Waals surface area contributed by atoms with Gasteiger partial charge in [-0.05, 0) is 11.8 Å². The van der Waals surface area contributed by atoms with Gasteiger partial charge in [-0.25, -0.2) is 0 Å². The average Bonchev–Trinajstić information content (AvgIpc) is 1.84. The molecule has 0 spiro atoms. The Morgan fingerprint density at radius 3 is 2.17 bits per heavy atom. The molecule has 0 heterocycles. The second-order valence-corrected chi connectivity index (χ2v) is 4.55. The Balaban J connectivity index is 3.87. The third-order valence-corrected chi connectivity index (χ3v) is 1.67. The van der Waals surface area contributed by atoms with Crippen LogP contribution in [0, 0.1) is 5.41 Å². The van der Waals surface area contributed by atoms with Crippen LogP contribution in [0.3, 0.4) is 0 Å². The SMILES string of the molecule is CCCN(C)C(=O)CC(C)(C)C. The molecule has 0 saturated heterocycles. The van der Waals surface area contributed by atoms with Gasteiger partial charge in [0.2, 0.25) is 5.91 Å². The molecule has 0 aliphatic heterocycles. The van der Waals surface area contributed by atoms with Crippen LogP contribution in [0.1, 0.15) is 40.5 Å². The molecule has 0 N–H and O–H groups in total. The molecule has 0 aliphatic carbocycles. The van der Waals surface area contributed by atoms with Gasteiger partial charge in [0.25, 0.3) is 0 Å². The molecule has 72 valence electrons. The first kappa shape index (κ1) is 11.5. The minimum atomic E-state index is 0.110. The van der Waals surface area contributed by atoms with Gasteiger partial charge in [0.1, 0.15) is 0 Å². The standard InChI is InChI=1S/C10H21NO/c1-6-7-11(5)9(12)8-10(2,3)4/h6-8H2,1-5H3. The summed E-state index contributed by atoms with van der Waals surface area (Å²) in [6, 6.07) is 0. The summed E-state index contributed by atoms with van der Waals surface area (Å²) in [7, 11) is 1.87. The predicted octanol–water partition coefficient (Wildman–Crippen LogP) is 2.29. The lowest BCUT2D eigenvalue weighted by Gasteiger charge is -2.22. The Labute approximate surface area is 75.9 Å². The number of hydrogen-bond donors (Lipinski definition) is 0. The molecule has 2 nitrogen and oxygen atoms in total. The molecule has 0 aromatic rings. The van der Waals surface area contributed by atoms with E-state index in [1.54, 1.807) is 0 Å². The third-order valence-electron chi connectivity index (χ3n) is 1.67. The number of carbonyl (C=O) groups is 1. The zero-order chi connectivity index (χ0) is 9.78. The van der Waals surface area contributed by atoms with Gasteiger partial charge in [0, 0.05) is 20.0 Å². The van der Waals surface area contributed by atoms with Crippen LogP contribution in [-0.4, -0.2) is 24.4 Å². The van der Waals surface area contributed by atoms with Crippen molar-refractivity contribution >= 4 is 5.91 Å². The zero-order valence-electron chi connectivity index (χ0n) is 8.98. The fourth-order valence-corrected chi connectivity index (χ4v) is 1.05. The second kappa shape index (κ2) is 4.48. The van der Waals surface area contributed by atoms with Crippen molar-refractivity contribution in [3.05, 3.63) is 0 Å². The molecule has 0 aliphatic rings. The van der Waals surface area contributed by atoms with Crippen LogP contribution in [0.15, 0.2) is 0 Å². The molecule has 0 radical (unpaired) electrons. The largest absolute Gasteiger partial charge is 0.346 e. The highest BCUT2D eigenvalue weighted by molar-refractivity contribution is 5.76. The fraction of sp³-hybridized carbons (Fsp3) is 0.900. The summed E-state index contributed by atoms with van der Waals surface area (Å²) in [5.74, 6) is 0.254. The first-order chi connectivity index (χ1) is 5.37. The Bertz CT molecular complexity index is 146. The highest BCUT2D eigenvalue weighted by atomic mass is 16.2. The summed E-state index contributed by atoms with van der Waals surface area (Å²) in [5.41, 5.74) is 0.110. The summed E-state index contributed by atoms with van der Waals surface area (Å²) in [5, 5.41) is 0. The highest BCUT2D eigenvalue weighted by Crippen LogP contribution is 2.19. The number of rotatable bonds is 3. The summed E-state index contributed by atoms with van der Waals surface area (Å²) in [6.07, 6.45) is 1.68. The van der Waals surface area contributed by atoms with Crippen LogP contribution in [0.5, 0.6) is 0 Å². The molecular formula is C10H21NO. The van der Waals surface area contributed by atoms with Crippen molar-refractivity contribution in [2.45, 2.75) is 40.5 Å². The van der Waals surface area contributed by atoms with Gasteiger partial charge >= 0.3 is 0 Å². The van der Waals surface area contributed by atoms with E-state index < -0.39 is 0 Å². The van der Waals surface area contributed by atoms with Crippen molar-refractivity contribution < 1.29 is 4.79 Å². The predicted molar refractivity (Wildman–Crippen MR) is 52.0 cm³/mol. The Morgan fingerprint density at radius 1 is 1.33 bits per heavy atom. The van der Waals surface area contributed by atoms with E-state index in [1.165, 1.54) is 0 Å². The lowest BCUT2D eigenvalue weighted by Crippen LogP contribution is -2.30. The van der Waals surface area contributed by atoms with E-state index in [4.69, 9.17) is 0 Å². The molecule has 0 fully saturated rings. The molecule has 0 aromatic carbocycles. The van der Waals surface area contributed by atoms with Gasteiger partial charge in [-0.3, -0.25) is 4.79 Å². The topological polar surface area (TPSA) is 20.3 Å². The van der Waals surface area contributed by atoms with Crippen LogP contribution >= 0.6 is 0 Å². The highest BCUT2D eigenvalue weighted by Gasteiger charge is 2.17. The average molecular weight is 171 g/mol. The summed E-state index contributed by atoms with van der Waals surface area (Å²) < 4.78 is 0. The minimum Gasteiger partial charge on any atom is -0.346 e. The summed E-state index contributed by atoms with van der Waals surface area (Å²) in [6.45, 7) is 9.22. The van der Waals surface area contributed by atoms with Gasteiger partial charge in [0.15, 0.2) is 0 Å². The van der Waals surface area contributed by atoms with Gasteiger partial charge < -0.3 is 4.90 Å². The molecule has 2 heteroatoms. The van der Waals surface area contributed by atoms with Crippen molar-refractivity contribution in [2.24, 2.45) is 5.41 Å². The van der Waals surface area contributed by atoms with E-state index in [-0.39, 0.29) is 11.3 Å². The van der Waals surface area contributed by atoms with Gasteiger partial charge in [-0.1, -0.05) is 27.7 Å². The lowest BCUT2D eigenvalue weighted by molar-refractivity contribution is -0.131. The first-order valence-corrected chi connectivity index (χ1v) is 4.61. The maximum Gasteiger partial charge on any atom is 0.222 e. The molecule has 0 bridgehead atoms. The normalized spacial score (nSPS) is 11.4. The minimum absolute atomic E-state index is 0.110. The summed E-state index contributed by atoms with van der Waals surface area (Å²) >= 11 is 0. The van der Waals surface area contributed by atoms with Crippen molar-refractivity contribution in [1.82, 2.24) is 4.90 Å². The monoisotopic (exact) mass is 171 g/mol. The van der Waals surface area contributed by atoms with E-state index in [0.29, 0.717) is 6.42 Å². The van der Waals surface area contributed by atoms with Crippen LogP contribution in [-0.2, 0) is 4.79 Å². The molecule has 12 heavy (non-hydrogen) atoms. The van der Waals surface area contributed by atoms with E-state index in [0.717, 1.165) is 13.0 Å². The zero-order valence-corrected chi connectivity index (χ0v) is 8.98. The number of hydrogen-bond acceptors (Lipinski definition) is 1.